The van der Waals surface area contributed by atoms with Crippen molar-refractivity contribution in [2.45, 2.75) is 31.8 Å². The van der Waals surface area contributed by atoms with E-state index in [1.165, 1.54) is 18.2 Å². The maximum atomic E-state index is 14.0. The summed E-state index contributed by atoms with van der Waals surface area (Å²) in [6.07, 6.45) is 2.30. The molecular weight excluding hydrogens is 364 g/mol. The molecule has 0 radical (unpaired) electrons. The summed E-state index contributed by atoms with van der Waals surface area (Å²) in [6.45, 7) is 6.90. The number of nitrogens with one attached hydrogen (secondary N) is 1. The van der Waals surface area contributed by atoms with Crippen molar-refractivity contribution in [3.05, 3.63) is 53.4 Å². The van der Waals surface area contributed by atoms with E-state index in [0.29, 0.717) is 13.0 Å². The molecule has 150 valence electrons. The molecule has 1 aromatic carbocycles. The van der Waals surface area contributed by atoms with E-state index in [1.54, 1.807) is 6.26 Å². The molecule has 6 nitrogen and oxygen atoms in total. The highest BCUT2D eigenvalue weighted by Crippen LogP contribution is 2.43. The van der Waals surface area contributed by atoms with Crippen molar-refractivity contribution in [2.75, 3.05) is 32.7 Å². The fourth-order valence-electron chi connectivity index (χ4n) is 3.76. The van der Waals surface area contributed by atoms with Gasteiger partial charge in [-0.05, 0) is 25.5 Å². The predicted octanol–water partition coefficient (Wildman–Crippen LogP) is 2.59. The molecule has 2 unspecified atom stereocenters. The van der Waals surface area contributed by atoms with Crippen LogP contribution in [0.3, 0.4) is 0 Å². The second-order valence-electron chi connectivity index (χ2n) is 7.28. The highest BCUT2D eigenvalue weighted by atomic mass is 19.1. The second kappa shape index (κ2) is 8.26. The normalized spacial score (nSPS) is 23.1. The first-order valence-electron chi connectivity index (χ1n) is 9.77. The maximum Gasteiger partial charge on any atom is 0.194 e. The highest BCUT2D eigenvalue weighted by molar-refractivity contribution is 5.81. The van der Waals surface area contributed by atoms with Crippen LogP contribution in [0.25, 0.3) is 0 Å². The molecule has 2 aliphatic rings. The largest absolute Gasteiger partial charge is 0.364 e. The monoisotopic (exact) mass is 389 g/mol. The molecule has 2 aromatic rings. The average molecular weight is 389 g/mol. The van der Waals surface area contributed by atoms with E-state index in [2.05, 4.69) is 25.3 Å². The van der Waals surface area contributed by atoms with Crippen LogP contribution in [-0.4, -0.2) is 59.7 Å². The van der Waals surface area contributed by atoms with Gasteiger partial charge in [-0.3, -0.25) is 9.89 Å². The van der Waals surface area contributed by atoms with Crippen LogP contribution in [-0.2, 0) is 6.54 Å². The van der Waals surface area contributed by atoms with Crippen LogP contribution >= 0.6 is 0 Å². The SMILES string of the molecule is CCN=C(NC1CC1c1c(F)cccc1F)N1CCN(Cc2ccon2)CC1. The summed E-state index contributed by atoms with van der Waals surface area (Å²) in [6, 6.07) is 5.95. The number of rotatable bonds is 5. The first-order valence-corrected chi connectivity index (χ1v) is 9.77. The van der Waals surface area contributed by atoms with Gasteiger partial charge in [0.2, 0.25) is 0 Å². The molecule has 8 heteroatoms. The Morgan fingerprint density at radius 1 is 1.21 bits per heavy atom. The van der Waals surface area contributed by atoms with Gasteiger partial charge < -0.3 is 14.7 Å². The Kier molecular flexibility index (Phi) is 5.57. The molecule has 2 atom stereocenters. The zero-order valence-electron chi connectivity index (χ0n) is 15.9. The van der Waals surface area contributed by atoms with E-state index in [9.17, 15) is 8.78 Å². The van der Waals surface area contributed by atoms with Gasteiger partial charge in [0, 0.05) is 62.9 Å². The molecular formula is C20H25F2N5O. The number of hydrogen-bond acceptors (Lipinski definition) is 4. The van der Waals surface area contributed by atoms with Crippen LogP contribution in [0.4, 0.5) is 8.78 Å². The van der Waals surface area contributed by atoms with Crippen molar-refractivity contribution in [1.82, 2.24) is 20.3 Å². The van der Waals surface area contributed by atoms with E-state index in [0.717, 1.165) is 44.4 Å². The third-order valence-corrected chi connectivity index (χ3v) is 5.33. The summed E-state index contributed by atoms with van der Waals surface area (Å²) in [4.78, 5) is 9.14. The fourth-order valence-corrected chi connectivity index (χ4v) is 3.76. The molecule has 1 aliphatic heterocycles. The van der Waals surface area contributed by atoms with Crippen molar-refractivity contribution in [3.8, 4) is 0 Å². The molecule has 0 spiro atoms. The molecule has 2 heterocycles. The van der Waals surface area contributed by atoms with Crippen molar-refractivity contribution < 1.29 is 13.3 Å². The number of guanidine groups is 1. The molecule has 0 bridgehead atoms. The van der Waals surface area contributed by atoms with Crippen molar-refractivity contribution >= 4 is 5.96 Å². The minimum absolute atomic E-state index is 0.0184. The van der Waals surface area contributed by atoms with E-state index >= 15 is 0 Å². The average Bonchev–Trinajstić information content (AvgIpc) is 3.22. The first kappa shape index (κ1) is 18.9. The van der Waals surface area contributed by atoms with Gasteiger partial charge in [-0.2, -0.15) is 0 Å². The van der Waals surface area contributed by atoms with E-state index < -0.39 is 11.6 Å². The summed E-state index contributed by atoms with van der Waals surface area (Å²) in [5.74, 6) is -0.251. The zero-order valence-corrected chi connectivity index (χ0v) is 15.9. The van der Waals surface area contributed by atoms with Crippen LogP contribution in [0, 0.1) is 11.6 Å². The maximum absolute atomic E-state index is 14.0. The topological polar surface area (TPSA) is 56.9 Å². The Labute approximate surface area is 163 Å². The summed E-state index contributed by atoms with van der Waals surface area (Å²) in [7, 11) is 0. The molecule has 1 saturated heterocycles. The number of nitrogens with zero attached hydrogens (tertiary/aromatic N) is 4. The Morgan fingerprint density at radius 2 is 1.96 bits per heavy atom. The second-order valence-corrected chi connectivity index (χ2v) is 7.28. The standard InChI is InChI=1S/C20H25F2N5O/c1-2-23-20(24-18-12-15(18)19-16(21)4-3-5-17(19)22)27-9-7-26(8-10-27)13-14-6-11-28-25-14/h3-6,11,15,18H,2,7-10,12-13H2,1H3,(H,23,24). The summed E-state index contributed by atoms with van der Waals surface area (Å²) in [5, 5.41) is 7.39. The molecule has 2 fully saturated rings. The van der Waals surface area contributed by atoms with Crippen LogP contribution in [0.15, 0.2) is 40.0 Å². The summed E-state index contributed by atoms with van der Waals surface area (Å²) < 4.78 is 32.9. The molecule has 1 N–H and O–H groups in total. The van der Waals surface area contributed by atoms with Crippen LogP contribution in [0.1, 0.15) is 30.5 Å². The van der Waals surface area contributed by atoms with Gasteiger partial charge in [0.25, 0.3) is 0 Å². The van der Waals surface area contributed by atoms with Crippen molar-refractivity contribution in [3.63, 3.8) is 0 Å². The predicted molar refractivity (Wildman–Crippen MR) is 102 cm³/mol. The first-order chi connectivity index (χ1) is 13.7. The van der Waals surface area contributed by atoms with Gasteiger partial charge >= 0.3 is 0 Å². The molecule has 4 rings (SSSR count). The number of benzene rings is 1. The lowest BCUT2D eigenvalue weighted by Crippen LogP contribution is -2.52. The lowest BCUT2D eigenvalue weighted by molar-refractivity contribution is 0.169. The Hall–Kier alpha value is -2.48. The minimum atomic E-state index is -0.468. The van der Waals surface area contributed by atoms with Crippen molar-refractivity contribution in [1.29, 1.82) is 0 Å². The van der Waals surface area contributed by atoms with Gasteiger partial charge in [0.1, 0.15) is 17.9 Å². The van der Waals surface area contributed by atoms with E-state index in [4.69, 9.17) is 4.52 Å². The number of aromatic nitrogens is 1. The third kappa shape index (κ3) is 4.16. The Bertz CT molecular complexity index is 798. The number of piperazine rings is 1. The molecule has 28 heavy (non-hydrogen) atoms. The number of halogens is 2. The summed E-state index contributed by atoms with van der Waals surface area (Å²) in [5.41, 5.74) is 1.12. The van der Waals surface area contributed by atoms with Gasteiger partial charge in [-0.1, -0.05) is 11.2 Å². The van der Waals surface area contributed by atoms with Crippen LogP contribution in [0.2, 0.25) is 0 Å². The molecule has 1 saturated carbocycles. The third-order valence-electron chi connectivity index (χ3n) is 5.33. The van der Waals surface area contributed by atoms with Gasteiger partial charge in [-0.25, -0.2) is 8.78 Å². The van der Waals surface area contributed by atoms with E-state index in [1.807, 2.05) is 13.0 Å². The fraction of sp³-hybridized carbons (Fsp3) is 0.500. The number of hydrogen-bond donors (Lipinski definition) is 1. The van der Waals surface area contributed by atoms with Gasteiger partial charge in [-0.15, -0.1) is 0 Å². The smallest absolute Gasteiger partial charge is 0.194 e. The number of aliphatic imine (C=N–C) groups is 1. The summed E-state index contributed by atoms with van der Waals surface area (Å²) >= 11 is 0. The lowest BCUT2D eigenvalue weighted by Gasteiger charge is -2.36. The lowest BCUT2D eigenvalue weighted by atomic mass is 10.1. The Balaban J connectivity index is 1.34. The highest BCUT2D eigenvalue weighted by Gasteiger charge is 2.43. The van der Waals surface area contributed by atoms with Crippen LogP contribution in [0.5, 0.6) is 0 Å². The molecule has 1 aromatic heterocycles. The van der Waals surface area contributed by atoms with Crippen molar-refractivity contribution in [2.24, 2.45) is 4.99 Å². The minimum Gasteiger partial charge on any atom is -0.364 e. The quantitative estimate of drug-likeness (QED) is 0.629. The zero-order chi connectivity index (χ0) is 19.5. The molecule has 0 amide bonds. The van der Waals surface area contributed by atoms with Gasteiger partial charge in [0.05, 0.1) is 5.69 Å². The van der Waals surface area contributed by atoms with Crippen LogP contribution < -0.4 is 5.32 Å². The Morgan fingerprint density at radius 3 is 2.61 bits per heavy atom. The van der Waals surface area contributed by atoms with Gasteiger partial charge in [0.15, 0.2) is 5.96 Å². The van der Waals surface area contributed by atoms with E-state index in [-0.39, 0.29) is 17.5 Å². The molecule has 1 aliphatic carbocycles.